The number of halogens is 7. The van der Waals surface area contributed by atoms with Crippen molar-refractivity contribution >= 4 is 17.6 Å². The van der Waals surface area contributed by atoms with Crippen LogP contribution in [0.3, 0.4) is 0 Å². The van der Waals surface area contributed by atoms with E-state index in [0.717, 1.165) is 0 Å². The first kappa shape index (κ1) is 14.6. The minimum Gasteiger partial charge on any atom is -0.478 e. The minimum atomic E-state index is -5.18. The van der Waals surface area contributed by atoms with Crippen LogP contribution >= 0.6 is 11.6 Å². The van der Waals surface area contributed by atoms with E-state index in [2.05, 4.69) is 0 Å². The average Bonchev–Trinajstić information content (AvgIpc) is 2.13. The van der Waals surface area contributed by atoms with Gasteiger partial charge in [0.15, 0.2) is 0 Å². The molecule has 1 N–H and O–H groups in total. The van der Waals surface area contributed by atoms with Crippen molar-refractivity contribution in [1.29, 1.82) is 0 Å². The van der Waals surface area contributed by atoms with Gasteiger partial charge < -0.3 is 5.11 Å². The van der Waals surface area contributed by atoms with E-state index in [0.29, 0.717) is 0 Å². The van der Waals surface area contributed by atoms with Crippen molar-refractivity contribution in [2.75, 3.05) is 0 Å². The van der Waals surface area contributed by atoms with Crippen molar-refractivity contribution in [2.45, 2.75) is 12.4 Å². The van der Waals surface area contributed by atoms with Gasteiger partial charge in [-0.2, -0.15) is 26.3 Å². The summed E-state index contributed by atoms with van der Waals surface area (Å²) < 4.78 is 74.5. The van der Waals surface area contributed by atoms with E-state index in [-0.39, 0.29) is 12.1 Å². The minimum absolute atomic E-state index is 0.0555. The van der Waals surface area contributed by atoms with Crippen molar-refractivity contribution in [1.82, 2.24) is 0 Å². The van der Waals surface area contributed by atoms with Crippen LogP contribution < -0.4 is 0 Å². The number of carbonyl (C=O) groups is 1. The SMILES string of the molecule is O=C(O)c1cc(C(F)(F)F)c(Cl)c(C(F)(F)F)c1. The molecule has 0 bridgehead atoms. The summed E-state index contributed by atoms with van der Waals surface area (Å²) in [5, 5.41) is 6.91. The zero-order valence-electron chi connectivity index (χ0n) is 8.16. The second-order valence-electron chi connectivity index (χ2n) is 3.19. The van der Waals surface area contributed by atoms with Gasteiger partial charge in [0.2, 0.25) is 0 Å². The molecule has 0 saturated carbocycles. The lowest BCUT2D eigenvalue weighted by atomic mass is 10.0. The lowest BCUT2D eigenvalue weighted by Crippen LogP contribution is -2.15. The molecule has 100 valence electrons. The number of rotatable bonds is 1. The molecule has 1 aromatic carbocycles. The molecule has 0 unspecified atom stereocenters. The predicted octanol–water partition coefficient (Wildman–Crippen LogP) is 4.08. The molecule has 0 saturated heterocycles. The van der Waals surface area contributed by atoms with Gasteiger partial charge in [0.05, 0.1) is 21.7 Å². The van der Waals surface area contributed by atoms with Crippen LogP contribution in [0.5, 0.6) is 0 Å². The Balaban J connectivity index is 3.64. The first-order valence-electron chi connectivity index (χ1n) is 4.16. The van der Waals surface area contributed by atoms with E-state index in [1.54, 1.807) is 0 Å². The van der Waals surface area contributed by atoms with Gasteiger partial charge in [-0.1, -0.05) is 11.6 Å². The third kappa shape index (κ3) is 2.87. The Bertz CT molecular complexity index is 456. The number of hydrogen-bond acceptors (Lipinski definition) is 1. The topological polar surface area (TPSA) is 37.3 Å². The second-order valence-corrected chi connectivity index (χ2v) is 3.56. The van der Waals surface area contributed by atoms with Crippen LogP contribution in [0.15, 0.2) is 12.1 Å². The summed E-state index contributed by atoms with van der Waals surface area (Å²) in [6.07, 6.45) is -10.4. The highest BCUT2D eigenvalue weighted by Gasteiger charge is 2.41. The van der Waals surface area contributed by atoms with Crippen LogP contribution in [0.2, 0.25) is 5.02 Å². The summed E-state index contributed by atoms with van der Waals surface area (Å²) in [6, 6.07) is 0.111. The average molecular weight is 293 g/mol. The van der Waals surface area contributed by atoms with Crippen molar-refractivity contribution < 1.29 is 36.2 Å². The normalized spacial score (nSPS) is 12.6. The van der Waals surface area contributed by atoms with Gasteiger partial charge in [-0.05, 0) is 12.1 Å². The summed E-state index contributed by atoms with van der Waals surface area (Å²) >= 11 is 5.02. The Morgan fingerprint density at radius 2 is 1.33 bits per heavy atom. The van der Waals surface area contributed by atoms with Crippen molar-refractivity contribution in [3.05, 3.63) is 33.8 Å². The van der Waals surface area contributed by atoms with Gasteiger partial charge in [-0.3, -0.25) is 0 Å². The molecule has 0 spiro atoms. The van der Waals surface area contributed by atoms with Gasteiger partial charge in [-0.25, -0.2) is 4.79 Å². The summed E-state index contributed by atoms with van der Waals surface area (Å²) in [5.74, 6) is -1.91. The monoisotopic (exact) mass is 292 g/mol. The predicted molar refractivity (Wildman–Crippen MR) is 48.4 cm³/mol. The summed E-state index contributed by atoms with van der Waals surface area (Å²) in [5.41, 5.74) is -4.81. The molecule has 1 aromatic rings. The lowest BCUT2D eigenvalue weighted by Gasteiger charge is -2.15. The molecule has 0 fully saturated rings. The van der Waals surface area contributed by atoms with Gasteiger partial charge >= 0.3 is 18.3 Å². The van der Waals surface area contributed by atoms with E-state index in [1.807, 2.05) is 0 Å². The molecule has 0 aliphatic heterocycles. The van der Waals surface area contributed by atoms with Crippen LogP contribution in [0.4, 0.5) is 26.3 Å². The Morgan fingerprint density at radius 3 is 1.56 bits per heavy atom. The summed E-state index contributed by atoms with van der Waals surface area (Å²) in [7, 11) is 0. The van der Waals surface area contributed by atoms with Crippen molar-refractivity contribution in [2.24, 2.45) is 0 Å². The van der Waals surface area contributed by atoms with E-state index in [4.69, 9.17) is 16.7 Å². The number of aromatic carboxylic acids is 1. The first-order valence-corrected chi connectivity index (χ1v) is 4.53. The lowest BCUT2D eigenvalue weighted by molar-refractivity contribution is -0.142. The number of alkyl halides is 6. The first-order chi connectivity index (χ1) is 7.94. The fraction of sp³-hybridized carbons (Fsp3) is 0.222. The molecule has 18 heavy (non-hydrogen) atoms. The zero-order chi connectivity index (χ0) is 14.3. The van der Waals surface area contributed by atoms with E-state index in [9.17, 15) is 31.1 Å². The highest BCUT2D eigenvalue weighted by molar-refractivity contribution is 6.32. The Hall–Kier alpha value is -1.44. The van der Waals surface area contributed by atoms with Crippen LogP contribution in [0, 0.1) is 0 Å². The third-order valence-corrected chi connectivity index (χ3v) is 2.34. The molecule has 2 nitrogen and oxygen atoms in total. The third-order valence-electron chi connectivity index (χ3n) is 1.93. The molecule has 0 aromatic heterocycles. The molecule has 0 radical (unpaired) electrons. The fourth-order valence-corrected chi connectivity index (χ4v) is 1.48. The highest BCUT2D eigenvalue weighted by Crippen LogP contribution is 2.42. The fourth-order valence-electron chi connectivity index (χ4n) is 1.16. The van der Waals surface area contributed by atoms with Crippen molar-refractivity contribution in [3.8, 4) is 0 Å². The Morgan fingerprint density at radius 1 is 1.00 bits per heavy atom. The highest BCUT2D eigenvalue weighted by atomic mass is 35.5. The van der Waals surface area contributed by atoms with Crippen LogP contribution in [-0.2, 0) is 12.4 Å². The van der Waals surface area contributed by atoms with Gasteiger partial charge in [0.1, 0.15) is 0 Å². The van der Waals surface area contributed by atoms with Crippen molar-refractivity contribution in [3.63, 3.8) is 0 Å². The van der Waals surface area contributed by atoms with Gasteiger partial charge in [0, 0.05) is 0 Å². The molecular formula is C9H3ClF6O2. The standard InChI is InChI=1S/C9H3ClF6O2/c10-6-4(8(11,12)13)1-3(7(17)18)2-5(6)9(14,15)16/h1-2H,(H,17,18). The quantitative estimate of drug-likeness (QED) is 0.792. The summed E-state index contributed by atoms with van der Waals surface area (Å²) in [6.45, 7) is 0. The molecule has 0 aliphatic carbocycles. The van der Waals surface area contributed by atoms with Crippen LogP contribution in [0.1, 0.15) is 21.5 Å². The molecule has 1 rings (SSSR count). The van der Waals surface area contributed by atoms with Crippen LogP contribution in [0.25, 0.3) is 0 Å². The maximum Gasteiger partial charge on any atom is 0.417 e. The molecule has 0 heterocycles. The number of carboxylic acids is 1. The van der Waals surface area contributed by atoms with Gasteiger partial charge in [-0.15, -0.1) is 0 Å². The largest absolute Gasteiger partial charge is 0.478 e. The number of hydrogen-bond donors (Lipinski definition) is 1. The Labute approximate surface area is 101 Å². The van der Waals surface area contributed by atoms with E-state index < -0.39 is 40.0 Å². The van der Waals surface area contributed by atoms with E-state index in [1.165, 1.54) is 0 Å². The molecular weight excluding hydrogens is 290 g/mol. The molecule has 0 amide bonds. The molecule has 9 heteroatoms. The van der Waals surface area contributed by atoms with Crippen LogP contribution in [-0.4, -0.2) is 11.1 Å². The zero-order valence-corrected chi connectivity index (χ0v) is 8.91. The van der Waals surface area contributed by atoms with Gasteiger partial charge in [0.25, 0.3) is 0 Å². The molecule has 0 aliphatic rings. The smallest absolute Gasteiger partial charge is 0.417 e. The number of carboxylic acid groups (broad SMARTS) is 1. The maximum atomic E-state index is 12.4. The Kier molecular flexibility index (Phi) is 3.53. The van der Waals surface area contributed by atoms with E-state index >= 15 is 0 Å². The summed E-state index contributed by atoms with van der Waals surface area (Å²) in [4.78, 5) is 10.5. The maximum absolute atomic E-state index is 12.4. The number of benzene rings is 1. The molecule has 0 atom stereocenters. The second kappa shape index (κ2) is 4.34.